The minimum absolute atomic E-state index is 0.654. The number of anilines is 1. The van der Waals surface area contributed by atoms with Crippen LogP contribution in [0.15, 0.2) is 6.33 Å². The Morgan fingerprint density at radius 2 is 2.17 bits per heavy atom. The Morgan fingerprint density at radius 3 is 3.00 bits per heavy atom. The molecule has 3 nitrogen and oxygen atoms in total. The molecule has 1 saturated carbocycles. The Balaban J connectivity index is 1.86. The van der Waals surface area contributed by atoms with E-state index in [2.05, 4.69) is 22.2 Å². The van der Waals surface area contributed by atoms with E-state index in [1.165, 1.54) is 47.9 Å². The summed E-state index contributed by atoms with van der Waals surface area (Å²) in [7, 11) is 0. The minimum Gasteiger partial charge on any atom is -0.367 e. The first kappa shape index (κ1) is 10.7. The lowest BCUT2D eigenvalue weighted by Gasteiger charge is -2.18. The lowest BCUT2D eigenvalue weighted by molar-refractivity contribution is 0.509. The highest BCUT2D eigenvalue weighted by Gasteiger charge is 2.26. The van der Waals surface area contributed by atoms with Crippen molar-refractivity contribution in [3.05, 3.63) is 16.8 Å². The Morgan fingerprint density at radius 1 is 1.28 bits per heavy atom. The van der Waals surface area contributed by atoms with Crippen molar-refractivity contribution in [1.29, 1.82) is 0 Å². The maximum atomic E-state index is 4.47. The van der Waals surface area contributed by atoms with E-state index in [0.717, 1.165) is 11.7 Å². The van der Waals surface area contributed by atoms with Gasteiger partial charge in [0.2, 0.25) is 0 Å². The summed E-state index contributed by atoms with van der Waals surface area (Å²) in [4.78, 5) is 11.7. The second kappa shape index (κ2) is 3.92. The van der Waals surface area contributed by atoms with Crippen LogP contribution in [0.1, 0.15) is 36.6 Å². The Bertz CT molecular complexity index is 600. The molecule has 0 bridgehead atoms. The van der Waals surface area contributed by atoms with Crippen molar-refractivity contribution in [2.75, 3.05) is 5.32 Å². The zero-order valence-electron chi connectivity index (χ0n) is 10.6. The SMILES string of the molecule is CC1CCc2c(sc3ncnc(NC4CC4)c23)C1. The summed E-state index contributed by atoms with van der Waals surface area (Å²) in [6.45, 7) is 2.35. The summed E-state index contributed by atoms with van der Waals surface area (Å²) < 4.78 is 0. The molecule has 2 aliphatic rings. The van der Waals surface area contributed by atoms with Crippen LogP contribution in [-0.2, 0) is 12.8 Å². The van der Waals surface area contributed by atoms with Gasteiger partial charge in [-0.1, -0.05) is 6.92 Å². The maximum absolute atomic E-state index is 4.47. The molecular formula is C14H17N3S. The molecule has 0 amide bonds. The molecule has 0 radical (unpaired) electrons. The van der Waals surface area contributed by atoms with Gasteiger partial charge in [0.1, 0.15) is 17.0 Å². The minimum atomic E-state index is 0.654. The fourth-order valence-corrected chi connectivity index (χ4v) is 4.16. The summed E-state index contributed by atoms with van der Waals surface area (Å²) in [5, 5.41) is 4.88. The highest BCUT2D eigenvalue weighted by molar-refractivity contribution is 7.19. The van der Waals surface area contributed by atoms with E-state index < -0.39 is 0 Å². The standard InChI is InChI=1S/C14H17N3S/c1-8-2-5-10-11(6-8)18-14-12(10)13(15-7-16-14)17-9-3-4-9/h7-9H,2-6H2,1H3,(H,15,16,17). The van der Waals surface area contributed by atoms with Crippen molar-refractivity contribution in [1.82, 2.24) is 9.97 Å². The molecule has 2 aliphatic carbocycles. The fraction of sp³-hybridized carbons (Fsp3) is 0.571. The molecular weight excluding hydrogens is 242 g/mol. The van der Waals surface area contributed by atoms with E-state index in [4.69, 9.17) is 0 Å². The molecule has 94 valence electrons. The van der Waals surface area contributed by atoms with Gasteiger partial charge in [0.25, 0.3) is 0 Å². The number of nitrogens with one attached hydrogen (secondary N) is 1. The molecule has 0 saturated heterocycles. The van der Waals surface area contributed by atoms with Gasteiger partial charge in [-0.2, -0.15) is 0 Å². The number of aryl methyl sites for hydroxylation is 1. The Hall–Kier alpha value is -1.16. The van der Waals surface area contributed by atoms with E-state index >= 15 is 0 Å². The van der Waals surface area contributed by atoms with Crippen LogP contribution in [0.2, 0.25) is 0 Å². The molecule has 1 N–H and O–H groups in total. The normalized spacial score (nSPS) is 23.1. The second-order valence-electron chi connectivity index (χ2n) is 5.67. The van der Waals surface area contributed by atoms with Crippen LogP contribution in [0, 0.1) is 5.92 Å². The average Bonchev–Trinajstić information content (AvgIpc) is 3.08. The molecule has 1 unspecified atom stereocenters. The third-order valence-electron chi connectivity index (χ3n) is 4.01. The highest BCUT2D eigenvalue weighted by atomic mass is 32.1. The summed E-state index contributed by atoms with van der Waals surface area (Å²) >= 11 is 1.87. The highest BCUT2D eigenvalue weighted by Crippen LogP contribution is 2.40. The van der Waals surface area contributed by atoms with Crippen molar-refractivity contribution in [3.8, 4) is 0 Å². The number of nitrogens with zero attached hydrogens (tertiary/aromatic N) is 2. The molecule has 0 aromatic carbocycles. The van der Waals surface area contributed by atoms with E-state index in [9.17, 15) is 0 Å². The summed E-state index contributed by atoms with van der Waals surface area (Å²) in [5.41, 5.74) is 1.52. The number of hydrogen-bond donors (Lipinski definition) is 1. The number of fused-ring (bicyclic) bond motifs is 3. The molecule has 2 heterocycles. The van der Waals surface area contributed by atoms with E-state index in [-0.39, 0.29) is 0 Å². The lowest BCUT2D eigenvalue weighted by atomic mass is 9.89. The monoisotopic (exact) mass is 259 g/mol. The molecule has 0 spiro atoms. The molecule has 18 heavy (non-hydrogen) atoms. The van der Waals surface area contributed by atoms with Crippen molar-refractivity contribution >= 4 is 27.4 Å². The number of aromatic nitrogens is 2. The van der Waals surface area contributed by atoms with Crippen LogP contribution >= 0.6 is 11.3 Å². The average molecular weight is 259 g/mol. The summed E-state index contributed by atoms with van der Waals surface area (Å²) in [5.74, 6) is 1.90. The zero-order chi connectivity index (χ0) is 12.1. The summed E-state index contributed by atoms with van der Waals surface area (Å²) in [6.07, 6.45) is 8.00. The third kappa shape index (κ3) is 1.70. The van der Waals surface area contributed by atoms with E-state index in [0.29, 0.717) is 6.04 Å². The topological polar surface area (TPSA) is 37.8 Å². The van der Waals surface area contributed by atoms with Crippen molar-refractivity contribution in [2.24, 2.45) is 5.92 Å². The molecule has 4 rings (SSSR count). The van der Waals surface area contributed by atoms with Crippen molar-refractivity contribution < 1.29 is 0 Å². The zero-order valence-corrected chi connectivity index (χ0v) is 11.4. The van der Waals surface area contributed by atoms with Crippen LogP contribution in [-0.4, -0.2) is 16.0 Å². The number of hydrogen-bond acceptors (Lipinski definition) is 4. The molecule has 2 aromatic rings. The third-order valence-corrected chi connectivity index (χ3v) is 5.17. The molecule has 1 atom stereocenters. The predicted molar refractivity (Wildman–Crippen MR) is 75.2 cm³/mol. The maximum Gasteiger partial charge on any atom is 0.138 e. The van der Waals surface area contributed by atoms with E-state index in [1.807, 2.05) is 11.3 Å². The fourth-order valence-electron chi connectivity index (χ4n) is 2.81. The number of thiophene rings is 1. The smallest absolute Gasteiger partial charge is 0.138 e. The Labute approximate surface area is 111 Å². The summed E-state index contributed by atoms with van der Waals surface area (Å²) in [6, 6.07) is 0.654. The van der Waals surface area contributed by atoms with Crippen molar-refractivity contribution in [2.45, 2.75) is 45.1 Å². The molecule has 2 aromatic heterocycles. The lowest BCUT2D eigenvalue weighted by Crippen LogP contribution is -2.10. The molecule has 0 aliphatic heterocycles. The van der Waals surface area contributed by atoms with Crippen LogP contribution in [0.3, 0.4) is 0 Å². The quantitative estimate of drug-likeness (QED) is 0.898. The van der Waals surface area contributed by atoms with Gasteiger partial charge >= 0.3 is 0 Å². The van der Waals surface area contributed by atoms with Crippen LogP contribution in [0.4, 0.5) is 5.82 Å². The van der Waals surface area contributed by atoms with Crippen LogP contribution < -0.4 is 5.32 Å². The van der Waals surface area contributed by atoms with Gasteiger partial charge in [-0.25, -0.2) is 9.97 Å². The van der Waals surface area contributed by atoms with Crippen molar-refractivity contribution in [3.63, 3.8) is 0 Å². The predicted octanol–water partition coefficient (Wildman–Crippen LogP) is 3.39. The van der Waals surface area contributed by atoms with Crippen LogP contribution in [0.25, 0.3) is 10.2 Å². The van der Waals surface area contributed by atoms with Gasteiger partial charge in [-0.3, -0.25) is 0 Å². The van der Waals surface area contributed by atoms with E-state index in [1.54, 1.807) is 11.2 Å². The second-order valence-corrected chi connectivity index (χ2v) is 6.76. The molecule has 4 heteroatoms. The van der Waals surface area contributed by atoms with Gasteiger partial charge in [0.05, 0.1) is 5.39 Å². The first-order valence-electron chi connectivity index (χ1n) is 6.83. The first-order chi connectivity index (χ1) is 8.81. The molecule has 1 fully saturated rings. The van der Waals surface area contributed by atoms with Gasteiger partial charge in [-0.05, 0) is 43.6 Å². The Kier molecular flexibility index (Phi) is 2.34. The van der Waals surface area contributed by atoms with Crippen LogP contribution in [0.5, 0.6) is 0 Å². The van der Waals surface area contributed by atoms with Gasteiger partial charge in [0, 0.05) is 10.9 Å². The van der Waals surface area contributed by atoms with Gasteiger partial charge < -0.3 is 5.32 Å². The first-order valence-corrected chi connectivity index (χ1v) is 7.64. The largest absolute Gasteiger partial charge is 0.367 e. The van der Waals surface area contributed by atoms with Gasteiger partial charge in [0.15, 0.2) is 0 Å². The number of rotatable bonds is 2. The van der Waals surface area contributed by atoms with Gasteiger partial charge in [-0.15, -0.1) is 11.3 Å².